The standard InChI is InChI=1S/C9H8ClNO4/c10-8-5(2-1-3-11-8)6(9(14)15)4-7(12)13/h1-3,6H,4H2,(H,12,13)(H,14,15). The number of carbonyl (C=O) groups is 2. The van der Waals surface area contributed by atoms with E-state index in [0.717, 1.165) is 0 Å². The molecule has 1 aromatic heterocycles. The lowest BCUT2D eigenvalue weighted by Crippen LogP contribution is -2.16. The number of aliphatic carboxylic acids is 2. The van der Waals surface area contributed by atoms with Crippen molar-refractivity contribution in [1.82, 2.24) is 4.98 Å². The first-order chi connectivity index (χ1) is 7.02. The Labute approximate surface area is 90.3 Å². The monoisotopic (exact) mass is 229 g/mol. The van der Waals surface area contributed by atoms with Crippen LogP contribution in [0.5, 0.6) is 0 Å². The Morgan fingerprint density at radius 1 is 1.47 bits per heavy atom. The first-order valence-electron chi connectivity index (χ1n) is 4.07. The minimum absolute atomic E-state index is 0.0196. The van der Waals surface area contributed by atoms with E-state index in [1.807, 2.05) is 0 Å². The van der Waals surface area contributed by atoms with Gasteiger partial charge < -0.3 is 10.2 Å². The molecule has 1 heterocycles. The molecule has 5 nitrogen and oxygen atoms in total. The van der Waals surface area contributed by atoms with Crippen LogP contribution in [0.15, 0.2) is 18.3 Å². The van der Waals surface area contributed by atoms with Gasteiger partial charge in [0.1, 0.15) is 5.15 Å². The highest BCUT2D eigenvalue weighted by molar-refractivity contribution is 6.30. The maximum absolute atomic E-state index is 10.8. The van der Waals surface area contributed by atoms with Crippen molar-refractivity contribution in [3.05, 3.63) is 29.0 Å². The zero-order valence-electron chi connectivity index (χ0n) is 7.55. The number of hydrogen-bond donors (Lipinski definition) is 2. The summed E-state index contributed by atoms with van der Waals surface area (Å²) in [5.41, 5.74) is 0.217. The highest BCUT2D eigenvalue weighted by atomic mass is 35.5. The molecular weight excluding hydrogens is 222 g/mol. The Kier molecular flexibility index (Phi) is 3.62. The average molecular weight is 230 g/mol. The van der Waals surface area contributed by atoms with Crippen LogP contribution in [0, 0.1) is 0 Å². The van der Waals surface area contributed by atoms with Gasteiger partial charge in [0, 0.05) is 11.8 Å². The van der Waals surface area contributed by atoms with E-state index < -0.39 is 24.3 Å². The van der Waals surface area contributed by atoms with Crippen LogP contribution in [-0.4, -0.2) is 27.1 Å². The first kappa shape index (κ1) is 11.5. The minimum Gasteiger partial charge on any atom is -0.481 e. The summed E-state index contributed by atoms with van der Waals surface area (Å²) in [5.74, 6) is -3.58. The summed E-state index contributed by atoms with van der Waals surface area (Å²) in [4.78, 5) is 25.0. The van der Waals surface area contributed by atoms with Gasteiger partial charge in [-0.25, -0.2) is 4.98 Å². The number of aromatic nitrogens is 1. The van der Waals surface area contributed by atoms with Gasteiger partial charge in [-0.05, 0) is 6.07 Å². The van der Waals surface area contributed by atoms with Gasteiger partial charge in [0.2, 0.25) is 0 Å². The van der Waals surface area contributed by atoms with Gasteiger partial charge in [-0.15, -0.1) is 0 Å². The van der Waals surface area contributed by atoms with E-state index in [1.165, 1.54) is 18.3 Å². The number of nitrogens with zero attached hydrogens (tertiary/aromatic N) is 1. The van der Waals surface area contributed by atoms with Gasteiger partial charge in [0.25, 0.3) is 0 Å². The quantitative estimate of drug-likeness (QED) is 0.762. The molecule has 15 heavy (non-hydrogen) atoms. The zero-order chi connectivity index (χ0) is 11.4. The lowest BCUT2D eigenvalue weighted by atomic mass is 9.97. The molecule has 1 unspecified atom stereocenters. The van der Waals surface area contributed by atoms with Crippen LogP contribution in [0.2, 0.25) is 5.15 Å². The third-order valence-corrected chi connectivity index (χ3v) is 2.16. The van der Waals surface area contributed by atoms with Gasteiger partial charge in [0.05, 0.1) is 12.3 Å². The van der Waals surface area contributed by atoms with Gasteiger partial charge in [-0.1, -0.05) is 17.7 Å². The Hall–Kier alpha value is -1.62. The van der Waals surface area contributed by atoms with Gasteiger partial charge in [-0.2, -0.15) is 0 Å². The third kappa shape index (κ3) is 2.92. The molecule has 2 N–H and O–H groups in total. The lowest BCUT2D eigenvalue weighted by Gasteiger charge is -2.10. The number of pyridine rings is 1. The molecule has 0 aliphatic carbocycles. The van der Waals surface area contributed by atoms with E-state index in [0.29, 0.717) is 0 Å². The fourth-order valence-electron chi connectivity index (χ4n) is 1.16. The number of carboxylic acids is 2. The third-order valence-electron chi connectivity index (χ3n) is 1.84. The van der Waals surface area contributed by atoms with Gasteiger partial charge in [-0.3, -0.25) is 9.59 Å². The summed E-state index contributed by atoms with van der Waals surface area (Å²) >= 11 is 5.68. The van der Waals surface area contributed by atoms with E-state index in [4.69, 9.17) is 21.8 Å². The van der Waals surface area contributed by atoms with Crippen LogP contribution in [0.4, 0.5) is 0 Å². The molecule has 0 amide bonds. The summed E-state index contributed by atoms with van der Waals surface area (Å²) in [6, 6.07) is 2.97. The highest BCUT2D eigenvalue weighted by Crippen LogP contribution is 2.25. The minimum atomic E-state index is -1.23. The molecule has 0 aliphatic rings. The molecule has 80 valence electrons. The van der Waals surface area contributed by atoms with E-state index in [9.17, 15) is 9.59 Å². The summed E-state index contributed by atoms with van der Waals surface area (Å²) in [7, 11) is 0. The van der Waals surface area contributed by atoms with E-state index >= 15 is 0 Å². The van der Waals surface area contributed by atoms with Crippen molar-refractivity contribution in [3.8, 4) is 0 Å². The number of rotatable bonds is 4. The molecule has 0 saturated carbocycles. The second-order valence-corrected chi connectivity index (χ2v) is 3.23. The van der Waals surface area contributed by atoms with Crippen molar-refractivity contribution in [1.29, 1.82) is 0 Å². The molecule has 0 bridgehead atoms. The maximum Gasteiger partial charge on any atom is 0.311 e. The van der Waals surface area contributed by atoms with Gasteiger partial charge >= 0.3 is 11.9 Å². The molecular formula is C9H8ClNO4. The zero-order valence-corrected chi connectivity index (χ0v) is 8.31. The fraction of sp³-hybridized carbons (Fsp3) is 0.222. The van der Waals surface area contributed by atoms with Crippen LogP contribution < -0.4 is 0 Å². The Bertz CT molecular complexity index is 393. The first-order valence-corrected chi connectivity index (χ1v) is 4.45. The van der Waals surface area contributed by atoms with E-state index in [2.05, 4.69) is 4.98 Å². The number of hydrogen-bond acceptors (Lipinski definition) is 3. The van der Waals surface area contributed by atoms with Crippen molar-refractivity contribution in [3.63, 3.8) is 0 Å². The fourth-order valence-corrected chi connectivity index (χ4v) is 1.41. The molecule has 0 aromatic carbocycles. The topological polar surface area (TPSA) is 87.5 Å². The smallest absolute Gasteiger partial charge is 0.311 e. The molecule has 0 radical (unpaired) electrons. The SMILES string of the molecule is O=C(O)CC(C(=O)O)c1cccnc1Cl. The number of carboxylic acid groups (broad SMARTS) is 2. The predicted octanol–water partition coefficient (Wildman–Crippen LogP) is 1.38. The van der Waals surface area contributed by atoms with Crippen LogP contribution in [0.1, 0.15) is 17.9 Å². The molecule has 0 fully saturated rings. The summed E-state index contributed by atoms with van der Waals surface area (Å²) in [6.45, 7) is 0. The van der Waals surface area contributed by atoms with Crippen molar-refractivity contribution in [2.45, 2.75) is 12.3 Å². The van der Waals surface area contributed by atoms with Crippen LogP contribution >= 0.6 is 11.6 Å². The molecule has 0 aliphatic heterocycles. The van der Waals surface area contributed by atoms with Crippen LogP contribution in [-0.2, 0) is 9.59 Å². The summed E-state index contributed by atoms with van der Waals surface area (Å²) < 4.78 is 0. The van der Waals surface area contributed by atoms with Crippen LogP contribution in [0.25, 0.3) is 0 Å². The molecule has 1 rings (SSSR count). The van der Waals surface area contributed by atoms with Crippen molar-refractivity contribution >= 4 is 23.5 Å². The Morgan fingerprint density at radius 3 is 2.60 bits per heavy atom. The van der Waals surface area contributed by atoms with E-state index in [1.54, 1.807) is 0 Å². The molecule has 0 saturated heterocycles. The molecule has 1 atom stereocenters. The highest BCUT2D eigenvalue weighted by Gasteiger charge is 2.25. The van der Waals surface area contributed by atoms with Crippen molar-refractivity contribution < 1.29 is 19.8 Å². The molecule has 0 spiro atoms. The Morgan fingerprint density at radius 2 is 2.13 bits per heavy atom. The second-order valence-electron chi connectivity index (χ2n) is 2.87. The molecule has 6 heteroatoms. The normalized spacial score (nSPS) is 12.1. The average Bonchev–Trinajstić information content (AvgIpc) is 2.15. The second kappa shape index (κ2) is 4.75. The largest absolute Gasteiger partial charge is 0.481 e. The van der Waals surface area contributed by atoms with Crippen molar-refractivity contribution in [2.24, 2.45) is 0 Å². The van der Waals surface area contributed by atoms with E-state index in [-0.39, 0.29) is 10.7 Å². The Balaban J connectivity index is 3.04. The summed E-state index contributed by atoms with van der Waals surface area (Å²) in [5, 5.41) is 17.4. The van der Waals surface area contributed by atoms with Crippen molar-refractivity contribution in [2.75, 3.05) is 0 Å². The van der Waals surface area contributed by atoms with Crippen LogP contribution in [0.3, 0.4) is 0 Å². The predicted molar refractivity (Wildman–Crippen MR) is 51.9 cm³/mol. The number of halogens is 1. The lowest BCUT2D eigenvalue weighted by molar-refractivity contribution is -0.145. The maximum atomic E-state index is 10.8. The summed E-state index contributed by atoms with van der Waals surface area (Å²) in [6.07, 6.45) is 0.895. The van der Waals surface area contributed by atoms with Gasteiger partial charge in [0.15, 0.2) is 0 Å². The molecule has 1 aromatic rings.